The fourth-order valence-electron chi connectivity index (χ4n) is 4.31. The van der Waals surface area contributed by atoms with Gasteiger partial charge in [-0.2, -0.15) is 0 Å². The van der Waals surface area contributed by atoms with Crippen LogP contribution in [0.5, 0.6) is 69.0 Å². The zero-order chi connectivity index (χ0) is 71.8. The summed E-state index contributed by atoms with van der Waals surface area (Å²) in [5.41, 5.74) is 17.6. The first-order valence-corrected chi connectivity index (χ1v) is 31.0. The normalized spacial score (nSPS) is 7.83. The molecule has 0 aliphatic rings. The van der Waals surface area contributed by atoms with Gasteiger partial charge >= 0.3 is 0 Å². The molecule has 90 heavy (non-hydrogen) atoms. The molecule has 0 saturated heterocycles. The largest absolute Gasteiger partial charge is 0.508 e. The van der Waals surface area contributed by atoms with Gasteiger partial charge in [-0.05, 0) is 152 Å². The number of phenols is 12. The predicted octanol–water partition coefficient (Wildman–Crippen LogP) is 20.5. The Kier molecular flexibility index (Phi) is 84.6. The zero-order valence-electron chi connectivity index (χ0n) is 56.2. The van der Waals surface area contributed by atoms with Gasteiger partial charge < -0.3 is 78.5 Å². The van der Waals surface area contributed by atoms with Gasteiger partial charge in [0, 0.05) is 38.2 Å². The first-order valence-electron chi connectivity index (χ1n) is 29.6. The highest BCUT2D eigenvalue weighted by molar-refractivity contribution is 7.80. The van der Waals surface area contributed by atoms with Crippen molar-refractivity contribution in [2.45, 2.75) is 139 Å². The average molecular weight is 1310 g/mol. The van der Waals surface area contributed by atoms with Crippen molar-refractivity contribution in [1.82, 2.24) is 0 Å². The summed E-state index contributed by atoms with van der Waals surface area (Å²) in [5, 5.41) is 104. The van der Waals surface area contributed by atoms with Crippen LogP contribution in [-0.4, -0.2) is 61.3 Å². The molecule has 0 spiro atoms. The van der Waals surface area contributed by atoms with Gasteiger partial charge in [0.05, 0.1) is 5.69 Å². The van der Waals surface area contributed by atoms with Gasteiger partial charge in [-0.1, -0.05) is 179 Å². The molecule has 0 radical (unpaired) electrons. The molecule has 18 N–H and O–H groups in total. The fourth-order valence-corrected chi connectivity index (χ4v) is 4.83. The second-order valence-corrected chi connectivity index (χ2v) is 15.3. The van der Waals surface area contributed by atoms with Gasteiger partial charge in [0.2, 0.25) is 0 Å². The topological polar surface area (TPSA) is 321 Å². The van der Waals surface area contributed by atoms with E-state index in [1.54, 1.807) is 146 Å². The number of hydrogen-bond acceptors (Lipinski definition) is 18. The van der Waals surface area contributed by atoms with E-state index in [0.717, 1.165) is 9.79 Å². The Balaban J connectivity index is -0.000000113. The number of hydrogen-bond donors (Lipinski definition) is 18. The molecule has 9 aromatic rings. The minimum absolute atomic E-state index is 0.0764. The highest BCUT2D eigenvalue weighted by Gasteiger charge is 1.92. The molecule has 0 atom stereocenters. The van der Waals surface area contributed by atoms with Crippen LogP contribution in [0.1, 0.15) is 125 Å². The highest BCUT2D eigenvalue weighted by atomic mass is 32.1. The van der Waals surface area contributed by atoms with Crippen LogP contribution in [0.4, 0.5) is 17.1 Å². The molecule has 0 aliphatic heterocycles. The van der Waals surface area contributed by atoms with E-state index in [4.69, 9.17) is 78.5 Å². The maximum Gasteiger partial charge on any atom is 0.157 e. The van der Waals surface area contributed by atoms with Gasteiger partial charge in [-0.25, -0.2) is 0 Å². The number of phenolic OH excluding ortho intramolecular Hbond substituents is 12. The van der Waals surface area contributed by atoms with Gasteiger partial charge in [0.25, 0.3) is 0 Å². The molecular weight excluding hydrogens is 1200 g/mol. The monoisotopic (exact) mass is 1310 g/mol. The Hall–Kier alpha value is -8.97. The quantitative estimate of drug-likeness (QED) is 0.0290. The van der Waals surface area contributed by atoms with E-state index >= 15 is 0 Å². The van der Waals surface area contributed by atoms with Crippen molar-refractivity contribution in [3.63, 3.8) is 0 Å². The molecule has 0 saturated carbocycles. The summed E-state index contributed by atoms with van der Waals surface area (Å²) in [5.74, 6) is 1.74. The molecule has 15 nitrogen and oxygen atoms in total. The van der Waals surface area contributed by atoms with Crippen molar-refractivity contribution >= 4 is 54.9 Å². The van der Waals surface area contributed by atoms with E-state index in [1.807, 2.05) is 137 Å². The molecule has 9 aromatic carbocycles. The van der Waals surface area contributed by atoms with E-state index in [9.17, 15) is 0 Å². The van der Waals surface area contributed by atoms with E-state index in [2.05, 4.69) is 37.9 Å². The molecule has 18 heteroatoms. The molecule has 0 unspecified atom stereocenters. The number of thiol groups is 3. The van der Waals surface area contributed by atoms with Gasteiger partial charge in [-0.15, -0.1) is 37.9 Å². The third-order valence-electron chi connectivity index (χ3n) is 7.82. The molecule has 0 heterocycles. The van der Waals surface area contributed by atoms with Gasteiger partial charge in [0.15, 0.2) is 11.5 Å². The lowest BCUT2D eigenvalue weighted by atomic mass is 10.3. The maximum absolute atomic E-state index is 8.84. The Morgan fingerprint density at radius 1 is 0.211 bits per heavy atom. The minimum atomic E-state index is -0.0764. The Morgan fingerprint density at radius 3 is 0.689 bits per heavy atom. The summed E-state index contributed by atoms with van der Waals surface area (Å²) >= 11 is 12.0. The first-order chi connectivity index (χ1) is 43.1. The summed E-state index contributed by atoms with van der Waals surface area (Å²) in [7, 11) is 0. The second kappa shape index (κ2) is 76.1. The second-order valence-electron chi connectivity index (χ2n) is 13.8. The zero-order valence-corrected chi connectivity index (χ0v) is 58.9. The van der Waals surface area contributed by atoms with Crippen LogP contribution in [0, 0.1) is 0 Å². The van der Waals surface area contributed by atoms with Crippen LogP contribution in [0.2, 0.25) is 0 Å². The number of nitrogen functional groups attached to an aromatic ring is 3. The minimum Gasteiger partial charge on any atom is -0.508 e. The third-order valence-corrected chi connectivity index (χ3v) is 8.78. The molecule has 504 valence electrons. The van der Waals surface area contributed by atoms with Crippen molar-refractivity contribution in [3.05, 3.63) is 218 Å². The van der Waals surface area contributed by atoms with Crippen molar-refractivity contribution in [2.24, 2.45) is 0 Å². The number of anilines is 3. The van der Waals surface area contributed by atoms with E-state index in [-0.39, 0.29) is 69.0 Å². The van der Waals surface area contributed by atoms with Crippen LogP contribution in [0.3, 0.4) is 0 Å². The van der Waals surface area contributed by atoms with E-state index < -0.39 is 0 Å². The smallest absolute Gasteiger partial charge is 0.157 e. The van der Waals surface area contributed by atoms with E-state index in [0.29, 0.717) is 22.0 Å². The van der Waals surface area contributed by atoms with Crippen LogP contribution >= 0.6 is 37.9 Å². The molecule has 0 aromatic heterocycles. The highest BCUT2D eigenvalue weighted by Crippen LogP contribution is 2.22. The van der Waals surface area contributed by atoms with Crippen LogP contribution < -0.4 is 17.2 Å². The lowest BCUT2D eigenvalue weighted by Gasteiger charge is -1.92. The average Bonchev–Trinajstić information content (AvgIpc) is 3.75. The number of aromatic hydroxyl groups is 12. The van der Waals surface area contributed by atoms with Crippen LogP contribution in [0.15, 0.2) is 233 Å². The van der Waals surface area contributed by atoms with Gasteiger partial charge in [-0.3, -0.25) is 0 Å². The molecule has 0 aliphatic carbocycles. The Bertz CT molecular complexity index is 2380. The number of nitrogens with two attached hydrogens (primary N) is 3. The lowest BCUT2D eigenvalue weighted by molar-refractivity contribution is 0.404. The summed E-state index contributed by atoms with van der Waals surface area (Å²) in [6.07, 6.45) is 0. The third kappa shape index (κ3) is 68.1. The molecule has 0 bridgehead atoms. The maximum atomic E-state index is 8.84. The summed E-state index contributed by atoms with van der Waals surface area (Å²) in [4.78, 5) is 2.26. The van der Waals surface area contributed by atoms with Crippen molar-refractivity contribution < 1.29 is 61.3 Å². The SMILES string of the molecule is CC.CC.CC.CC.CC.CC.CC.CC.CC.Nc1ccc(O)cc1.Nc1cccc(O)c1.Nc1ccccc1O.Oc1ccc(O)cc1.Oc1ccc(S)cc1.Oc1cccc(O)c1.Oc1cccc(S)c1.Oc1ccccc1O.Oc1ccccc1S. The first kappa shape index (κ1) is 100. The van der Waals surface area contributed by atoms with Crippen LogP contribution in [0.25, 0.3) is 0 Å². The summed E-state index contributed by atoms with van der Waals surface area (Å²) in [6, 6.07) is 57.6. The van der Waals surface area contributed by atoms with Gasteiger partial charge in [0.1, 0.15) is 57.5 Å². The molecular formula is C72H111N3O12S3. The van der Waals surface area contributed by atoms with E-state index in [1.165, 1.54) is 60.7 Å². The Labute approximate surface area is 557 Å². The molecule has 9 rings (SSSR count). The lowest BCUT2D eigenvalue weighted by Crippen LogP contribution is -1.82. The van der Waals surface area contributed by atoms with Crippen molar-refractivity contribution in [1.29, 1.82) is 0 Å². The predicted molar refractivity (Wildman–Crippen MR) is 395 cm³/mol. The Morgan fingerprint density at radius 2 is 0.489 bits per heavy atom. The standard InChI is InChI=1S/3C6H7NO.3C6H6O2.3C6H6OS.9C2H6/c7-5-1-3-6(8)4-2-5;7-5-2-1-3-6(8)4-5;7-5-3-1-2-4-6(5)8;7-5-1-2-6(8)4-3-5;7-5-2-1-3-6(8)4-5;7-5-3-1-2-4-6(5)8;7-5-1-3-6(8)4-2-5;7-5-2-1-3-6(8)4-5;7-5-3-1-2-4-6(5)8;9*1-2/h3*1-4,8H,7H2;6*1-4,7-8H;9*1-2H3. The van der Waals surface area contributed by atoms with Crippen molar-refractivity contribution in [2.75, 3.05) is 17.2 Å². The summed E-state index contributed by atoms with van der Waals surface area (Å²) < 4.78 is 0. The molecule has 0 amide bonds. The number of para-hydroxylation sites is 5. The fraction of sp³-hybridized carbons (Fsp3) is 0.250. The van der Waals surface area contributed by atoms with Crippen molar-refractivity contribution in [3.8, 4) is 69.0 Å². The number of benzene rings is 9. The number of rotatable bonds is 0. The summed E-state index contributed by atoms with van der Waals surface area (Å²) in [6.45, 7) is 36.0. The van der Waals surface area contributed by atoms with Crippen LogP contribution in [-0.2, 0) is 0 Å². The molecule has 0 fully saturated rings.